The largest absolute Gasteiger partial charge is 0.308 e. The third kappa shape index (κ3) is 1.34. The van der Waals surface area contributed by atoms with Crippen molar-refractivity contribution < 1.29 is 0 Å². The number of hydrogen-bond donors (Lipinski definition) is 0. The van der Waals surface area contributed by atoms with Gasteiger partial charge in [-0.05, 0) is 42.8 Å². The van der Waals surface area contributed by atoms with E-state index in [0.29, 0.717) is 5.92 Å². The molecule has 0 unspecified atom stereocenters. The highest BCUT2D eigenvalue weighted by Gasteiger charge is 2.52. The molecule has 0 aromatic heterocycles. The number of fused-ring (bicyclic) bond motifs is 8. The third-order valence-corrected chi connectivity index (χ3v) is 4.84. The zero-order valence-corrected chi connectivity index (χ0v) is 11.6. The molecule has 96 valence electrons. The fourth-order valence-electron chi connectivity index (χ4n) is 4.35. The van der Waals surface area contributed by atoms with Crippen molar-refractivity contribution in [3.8, 4) is 0 Å². The van der Waals surface area contributed by atoms with Gasteiger partial charge in [-0.3, -0.25) is 0 Å². The molecule has 0 spiro atoms. The molecule has 4 rings (SSSR count). The molecule has 0 N–H and O–H groups in total. The summed E-state index contributed by atoms with van der Waals surface area (Å²) in [7, 11) is 4.37. The van der Waals surface area contributed by atoms with E-state index in [2.05, 4.69) is 67.5 Å². The Balaban J connectivity index is 1.99. The number of likely N-dealkylation sites (N-methyl/N-ethyl adjacent to an activating group) is 1. The SMILES string of the molecule is CN(C)CC12CC(c3ccccc31)c1ccccc12. The van der Waals surface area contributed by atoms with Crippen molar-refractivity contribution in [3.05, 3.63) is 70.8 Å². The Morgan fingerprint density at radius 1 is 0.947 bits per heavy atom. The van der Waals surface area contributed by atoms with Gasteiger partial charge in [-0.15, -0.1) is 0 Å². The Morgan fingerprint density at radius 3 is 2.00 bits per heavy atom. The van der Waals surface area contributed by atoms with E-state index in [1.165, 1.54) is 6.42 Å². The van der Waals surface area contributed by atoms with Crippen LogP contribution >= 0.6 is 0 Å². The molecule has 0 fully saturated rings. The highest BCUT2D eigenvalue weighted by Crippen LogP contribution is 2.60. The van der Waals surface area contributed by atoms with Crippen molar-refractivity contribution in [2.45, 2.75) is 17.8 Å². The van der Waals surface area contributed by atoms with E-state index in [-0.39, 0.29) is 5.41 Å². The van der Waals surface area contributed by atoms with Crippen LogP contribution in [0.25, 0.3) is 0 Å². The lowest BCUT2D eigenvalue weighted by Crippen LogP contribution is -2.36. The molecule has 0 saturated heterocycles. The van der Waals surface area contributed by atoms with Gasteiger partial charge in [0.2, 0.25) is 0 Å². The van der Waals surface area contributed by atoms with Gasteiger partial charge in [0.25, 0.3) is 0 Å². The molecule has 0 atom stereocenters. The molecule has 0 aliphatic heterocycles. The highest BCUT2D eigenvalue weighted by molar-refractivity contribution is 5.62. The number of hydrogen-bond acceptors (Lipinski definition) is 1. The average Bonchev–Trinajstić information content (AvgIpc) is 2.91. The van der Waals surface area contributed by atoms with Gasteiger partial charge < -0.3 is 4.90 Å². The second-order valence-corrected chi connectivity index (χ2v) is 6.25. The molecule has 2 aromatic rings. The molecule has 0 amide bonds. The minimum Gasteiger partial charge on any atom is -0.308 e. The van der Waals surface area contributed by atoms with Crippen LogP contribution < -0.4 is 0 Å². The predicted molar refractivity (Wildman–Crippen MR) is 78.7 cm³/mol. The molecule has 0 heterocycles. The van der Waals surface area contributed by atoms with Crippen LogP contribution in [0, 0.1) is 0 Å². The van der Waals surface area contributed by atoms with Gasteiger partial charge in [-0.2, -0.15) is 0 Å². The second-order valence-electron chi connectivity index (χ2n) is 6.25. The van der Waals surface area contributed by atoms with Gasteiger partial charge >= 0.3 is 0 Å². The Kier molecular flexibility index (Phi) is 2.19. The number of nitrogens with zero attached hydrogens (tertiary/aromatic N) is 1. The molecule has 2 aliphatic rings. The molecule has 2 bridgehead atoms. The molecule has 19 heavy (non-hydrogen) atoms. The molecule has 2 aromatic carbocycles. The summed E-state index contributed by atoms with van der Waals surface area (Å²) in [5.41, 5.74) is 6.47. The lowest BCUT2D eigenvalue weighted by Gasteiger charge is -2.33. The lowest BCUT2D eigenvalue weighted by atomic mass is 9.75. The molecule has 1 nitrogen and oxygen atoms in total. The first-order chi connectivity index (χ1) is 9.22. The highest BCUT2D eigenvalue weighted by atomic mass is 15.1. The quantitative estimate of drug-likeness (QED) is 0.788. The van der Waals surface area contributed by atoms with Crippen LogP contribution in [0.2, 0.25) is 0 Å². The fourth-order valence-corrected chi connectivity index (χ4v) is 4.35. The van der Waals surface area contributed by atoms with Crippen LogP contribution in [0.15, 0.2) is 48.5 Å². The zero-order valence-electron chi connectivity index (χ0n) is 11.6. The summed E-state index contributed by atoms with van der Waals surface area (Å²) in [4.78, 5) is 2.33. The summed E-state index contributed by atoms with van der Waals surface area (Å²) in [5.74, 6) is 0.618. The zero-order chi connectivity index (χ0) is 13.0. The molecule has 2 aliphatic carbocycles. The van der Waals surface area contributed by atoms with Gasteiger partial charge in [0, 0.05) is 17.9 Å². The maximum atomic E-state index is 2.34. The normalized spacial score (nSPS) is 26.6. The number of benzene rings is 2. The molecular formula is C18H19N. The van der Waals surface area contributed by atoms with E-state index in [0.717, 1.165) is 6.54 Å². The molecule has 0 saturated carbocycles. The van der Waals surface area contributed by atoms with E-state index >= 15 is 0 Å². The summed E-state index contributed by atoms with van der Waals surface area (Å²) in [6, 6.07) is 18.1. The van der Waals surface area contributed by atoms with Crippen molar-refractivity contribution in [3.63, 3.8) is 0 Å². The number of rotatable bonds is 2. The van der Waals surface area contributed by atoms with E-state index in [1.54, 1.807) is 22.3 Å². The minimum atomic E-state index is 0.224. The third-order valence-electron chi connectivity index (χ3n) is 4.84. The van der Waals surface area contributed by atoms with E-state index in [9.17, 15) is 0 Å². The molecule has 1 heteroatoms. The van der Waals surface area contributed by atoms with Crippen LogP contribution in [0.4, 0.5) is 0 Å². The maximum absolute atomic E-state index is 2.34. The summed E-state index contributed by atoms with van der Waals surface area (Å²) in [5, 5.41) is 0. The summed E-state index contributed by atoms with van der Waals surface area (Å²) in [6.45, 7) is 1.11. The fraction of sp³-hybridized carbons (Fsp3) is 0.333. The first-order valence-electron chi connectivity index (χ1n) is 7.06. The van der Waals surface area contributed by atoms with Gasteiger partial charge in [-0.1, -0.05) is 48.5 Å². The summed E-state index contributed by atoms with van der Waals surface area (Å²) < 4.78 is 0. The van der Waals surface area contributed by atoms with E-state index in [1.807, 2.05) is 0 Å². The van der Waals surface area contributed by atoms with Crippen molar-refractivity contribution >= 4 is 0 Å². The molecular weight excluding hydrogens is 230 g/mol. The summed E-state index contributed by atoms with van der Waals surface area (Å²) >= 11 is 0. The van der Waals surface area contributed by atoms with Crippen LogP contribution in [0.3, 0.4) is 0 Å². The Bertz CT molecular complexity index is 590. The van der Waals surface area contributed by atoms with Crippen LogP contribution in [0.1, 0.15) is 34.6 Å². The topological polar surface area (TPSA) is 3.24 Å². The Hall–Kier alpha value is -1.60. The molecule has 0 radical (unpaired) electrons. The van der Waals surface area contributed by atoms with E-state index < -0.39 is 0 Å². The standard InChI is InChI=1S/C18H19N/c1-19(2)12-18-11-15(13-7-3-5-9-16(13)18)14-8-4-6-10-17(14)18/h3-10,15H,11-12H2,1-2H3. The van der Waals surface area contributed by atoms with Gasteiger partial charge in [0.15, 0.2) is 0 Å². The van der Waals surface area contributed by atoms with Crippen LogP contribution in [0.5, 0.6) is 0 Å². The van der Waals surface area contributed by atoms with Crippen molar-refractivity contribution in [1.29, 1.82) is 0 Å². The second kappa shape index (κ2) is 3.71. The lowest BCUT2D eigenvalue weighted by molar-refractivity contribution is 0.321. The maximum Gasteiger partial charge on any atom is 0.0344 e. The minimum absolute atomic E-state index is 0.224. The van der Waals surface area contributed by atoms with Crippen LogP contribution in [-0.4, -0.2) is 25.5 Å². The van der Waals surface area contributed by atoms with Crippen molar-refractivity contribution in [2.75, 3.05) is 20.6 Å². The summed E-state index contributed by atoms with van der Waals surface area (Å²) in [6.07, 6.45) is 1.25. The van der Waals surface area contributed by atoms with Gasteiger partial charge in [-0.25, -0.2) is 0 Å². The van der Waals surface area contributed by atoms with Gasteiger partial charge in [0.05, 0.1) is 0 Å². The van der Waals surface area contributed by atoms with E-state index in [4.69, 9.17) is 0 Å². The predicted octanol–water partition coefficient (Wildman–Crippen LogP) is 3.38. The first-order valence-corrected chi connectivity index (χ1v) is 7.06. The van der Waals surface area contributed by atoms with Crippen molar-refractivity contribution in [2.24, 2.45) is 0 Å². The Morgan fingerprint density at radius 2 is 1.47 bits per heavy atom. The monoisotopic (exact) mass is 249 g/mol. The van der Waals surface area contributed by atoms with Crippen molar-refractivity contribution in [1.82, 2.24) is 4.90 Å². The average molecular weight is 249 g/mol. The smallest absolute Gasteiger partial charge is 0.0344 e. The first kappa shape index (κ1) is 11.2. The van der Waals surface area contributed by atoms with Gasteiger partial charge in [0.1, 0.15) is 0 Å². The Labute approximate surface area is 114 Å². The van der Waals surface area contributed by atoms with Crippen LogP contribution in [-0.2, 0) is 5.41 Å².